The lowest BCUT2D eigenvalue weighted by molar-refractivity contribution is -0.117. The van der Waals surface area contributed by atoms with Crippen molar-refractivity contribution in [1.29, 1.82) is 0 Å². The van der Waals surface area contributed by atoms with Gasteiger partial charge in [0, 0.05) is 11.6 Å². The number of para-hydroxylation sites is 1. The van der Waals surface area contributed by atoms with Gasteiger partial charge in [-0.2, -0.15) is 0 Å². The highest BCUT2D eigenvalue weighted by molar-refractivity contribution is 6.00. The zero-order chi connectivity index (χ0) is 16.2. The molecule has 1 aliphatic carbocycles. The van der Waals surface area contributed by atoms with E-state index < -0.39 is 11.9 Å². The Morgan fingerprint density at radius 1 is 1.26 bits per heavy atom. The lowest BCUT2D eigenvalue weighted by Gasteiger charge is -2.21. The number of oxazole rings is 1. The molecule has 1 fully saturated rings. The van der Waals surface area contributed by atoms with E-state index in [1.807, 2.05) is 18.2 Å². The van der Waals surface area contributed by atoms with Crippen LogP contribution in [0.25, 0.3) is 0 Å². The highest BCUT2D eigenvalue weighted by Crippen LogP contribution is 2.35. The zero-order valence-corrected chi connectivity index (χ0v) is 12.9. The Hall–Kier alpha value is -2.63. The molecule has 1 heterocycles. The van der Waals surface area contributed by atoms with Crippen molar-refractivity contribution in [2.75, 3.05) is 5.32 Å². The molecule has 1 saturated carbocycles. The quantitative estimate of drug-likeness (QED) is 0.889. The van der Waals surface area contributed by atoms with Gasteiger partial charge < -0.3 is 15.1 Å². The van der Waals surface area contributed by atoms with Gasteiger partial charge in [0.15, 0.2) is 11.6 Å². The Labute approximate surface area is 134 Å². The molecule has 2 amide bonds. The van der Waals surface area contributed by atoms with Crippen LogP contribution in [0.15, 0.2) is 41.0 Å². The molecular weight excluding hydrogens is 294 g/mol. The minimum Gasteiger partial charge on any atom is -0.448 e. The fourth-order valence-electron chi connectivity index (χ4n) is 2.34. The summed E-state index contributed by atoms with van der Waals surface area (Å²) in [6, 6.07) is 8.42. The van der Waals surface area contributed by atoms with Crippen LogP contribution in [0.1, 0.15) is 48.5 Å². The summed E-state index contributed by atoms with van der Waals surface area (Å²) in [5.41, 5.74) is 0.901. The fraction of sp³-hybridized carbons (Fsp3) is 0.353. The molecule has 1 aliphatic rings. The van der Waals surface area contributed by atoms with Gasteiger partial charge in [-0.05, 0) is 31.9 Å². The zero-order valence-electron chi connectivity index (χ0n) is 12.9. The second-order valence-electron chi connectivity index (χ2n) is 5.75. The molecule has 23 heavy (non-hydrogen) atoms. The summed E-state index contributed by atoms with van der Waals surface area (Å²) < 4.78 is 5.35. The second-order valence-corrected chi connectivity index (χ2v) is 5.75. The van der Waals surface area contributed by atoms with Gasteiger partial charge in [-0.3, -0.25) is 9.59 Å². The topological polar surface area (TPSA) is 84.2 Å². The number of hydrogen-bond acceptors (Lipinski definition) is 4. The average molecular weight is 313 g/mol. The Balaban J connectivity index is 1.56. The van der Waals surface area contributed by atoms with Crippen LogP contribution in [0.5, 0.6) is 0 Å². The van der Waals surface area contributed by atoms with Crippen LogP contribution in [-0.4, -0.2) is 22.8 Å². The number of anilines is 1. The summed E-state index contributed by atoms with van der Waals surface area (Å²) in [4.78, 5) is 28.4. The minimum atomic E-state index is -0.674. The van der Waals surface area contributed by atoms with Gasteiger partial charge in [0.2, 0.25) is 5.91 Å². The molecule has 2 aromatic rings. The summed E-state index contributed by atoms with van der Waals surface area (Å²) in [5.74, 6) is 0.250. The first-order valence-corrected chi connectivity index (χ1v) is 7.75. The number of aromatic nitrogens is 1. The van der Waals surface area contributed by atoms with Crippen molar-refractivity contribution in [3.63, 3.8) is 0 Å². The van der Waals surface area contributed by atoms with E-state index >= 15 is 0 Å². The van der Waals surface area contributed by atoms with Crippen molar-refractivity contribution in [3.05, 3.63) is 48.2 Å². The Morgan fingerprint density at radius 3 is 2.65 bits per heavy atom. The molecule has 6 heteroatoms. The van der Waals surface area contributed by atoms with E-state index in [0.717, 1.165) is 12.8 Å². The van der Waals surface area contributed by atoms with Crippen LogP contribution in [0.3, 0.4) is 0 Å². The van der Waals surface area contributed by atoms with Crippen LogP contribution in [0.4, 0.5) is 5.69 Å². The predicted octanol–water partition coefficient (Wildman–Crippen LogP) is 2.70. The van der Waals surface area contributed by atoms with Crippen LogP contribution in [0, 0.1) is 0 Å². The molecule has 2 N–H and O–H groups in total. The number of benzene rings is 1. The van der Waals surface area contributed by atoms with Crippen LogP contribution < -0.4 is 10.6 Å². The predicted molar refractivity (Wildman–Crippen MR) is 85.1 cm³/mol. The molecule has 0 bridgehead atoms. The average Bonchev–Trinajstić information content (AvgIpc) is 2.96. The molecule has 3 rings (SSSR count). The molecule has 0 radical (unpaired) electrons. The van der Waals surface area contributed by atoms with Gasteiger partial charge in [-0.1, -0.05) is 24.6 Å². The fourth-order valence-corrected chi connectivity index (χ4v) is 2.34. The number of carbonyl (C=O) groups excluding carboxylic acids is 2. The molecule has 0 spiro atoms. The van der Waals surface area contributed by atoms with Crippen molar-refractivity contribution < 1.29 is 14.0 Å². The largest absolute Gasteiger partial charge is 0.448 e. The van der Waals surface area contributed by atoms with Gasteiger partial charge in [0.05, 0.1) is 0 Å². The summed E-state index contributed by atoms with van der Waals surface area (Å²) in [6.07, 6.45) is 4.63. The number of nitrogens with zero attached hydrogens (tertiary/aromatic N) is 1. The monoisotopic (exact) mass is 313 g/mol. The highest BCUT2D eigenvalue weighted by Gasteiger charge is 2.26. The summed E-state index contributed by atoms with van der Waals surface area (Å²) in [6.45, 7) is 1.63. The van der Waals surface area contributed by atoms with E-state index in [1.54, 1.807) is 19.1 Å². The molecule has 0 saturated heterocycles. The van der Waals surface area contributed by atoms with E-state index in [4.69, 9.17) is 4.42 Å². The first-order valence-electron chi connectivity index (χ1n) is 7.75. The van der Waals surface area contributed by atoms with E-state index in [0.29, 0.717) is 17.5 Å². The van der Waals surface area contributed by atoms with Crippen LogP contribution >= 0.6 is 0 Å². The highest BCUT2D eigenvalue weighted by atomic mass is 16.3. The van der Waals surface area contributed by atoms with E-state index in [2.05, 4.69) is 15.6 Å². The molecule has 1 unspecified atom stereocenters. The molecule has 6 nitrogen and oxygen atoms in total. The Morgan fingerprint density at radius 2 is 2.00 bits per heavy atom. The van der Waals surface area contributed by atoms with Crippen LogP contribution in [0.2, 0.25) is 0 Å². The third-order valence-electron chi connectivity index (χ3n) is 3.99. The smallest absolute Gasteiger partial charge is 0.273 e. The van der Waals surface area contributed by atoms with E-state index in [-0.39, 0.29) is 11.6 Å². The van der Waals surface area contributed by atoms with Gasteiger partial charge in [0.1, 0.15) is 12.3 Å². The lowest BCUT2D eigenvalue weighted by atomic mass is 9.85. The van der Waals surface area contributed by atoms with Crippen molar-refractivity contribution in [3.8, 4) is 0 Å². The maximum atomic E-state index is 12.1. The molecule has 0 aliphatic heterocycles. The molecule has 1 atom stereocenters. The van der Waals surface area contributed by atoms with E-state index in [1.165, 1.54) is 12.7 Å². The van der Waals surface area contributed by atoms with Gasteiger partial charge in [-0.25, -0.2) is 4.98 Å². The van der Waals surface area contributed by atoms with Gasteiger partial charge in [0.25, 0.3) is 5.91 Å². The molecule has 120 valence electrons. The number of nitrogens with one attached hydrogen (secondary N) is 2. The normalized spacial score (nSPS) is 15.5. The number of amides is 2. The SMILES string of the molecule is CC(NC(=O)c1coc(C2CCC2)n1)C(=O)Nc1ccccc1. The number of hydrogen-bond donors (Lipinski definition) is 2. The maximum Gasteiger partial charge on any atom is 0.273 e. The van der Waals surface area contributed by atoms with Gasteiger partial charge in [-0.15, -0.1) is 0 Å². The first-order chi connectivity index (χ1) is 11.1. The van der Waals surface area contributed by atoms with Crippen molar-refractivity contribution in [1.82, 2.24) is 10.3 Å². The molecule has 1 aromatic heterocycles. The Kier molecular flexibility index (Phi) is 4.41. The summed E-state index contributed by atoms with van der Waals surface area (Å²) >= 11 is 0. The maximum absolute atomic E-state index is 12.1. The number of carbonyl (C=O) groups is 2. The summed E-state index contributed by atoms with van der Waals surface area (Å²) in [5, 5.41) is 5.37. The third-order valence-corrected chi connectivity index (χ3v) is 3.99. The van der Waals surface area contributed by atoms with Crippen molar-refractivity contribution in [2.45, 2.75) is 38.1 Å². The Bertz CT molecular complexity index is 692. The lowest BCUT2D eigenvalue weighted by Crippen LogP contribution is -2.41. The van der Waals surface area contributed by atoms with Gasteiger partial charge >= 0.3 is 0 Å². The molecular formula is C17H19N3O3. The van der Waals surface area contributed by atoms with Crippen molar-refractivity contribution >= 4 is 17.5 Å². The minimum absolute atomic E-state index is 0.214. The summed E-state index contributed by atoms with van der Waals surface area (Å²) in [7, 11) is 0. The van der Waals surface area contributed by atoms with E-state index in [9.17, 15) is 9.59 Å². The third kappa shape index (κ3) is 3.59. The van der Waals surface area contributed by atoms with Crippen LogP contribution in [-0.2, 0) is 4.79 Å². The van der Waals surface area contributed by atoms with Crippen molar-refractivity contribution in [2.24, 2.45) is 0 Å². The standard InChI is InChI=1S/C17H19N3O3/c1-11(15(21)19-13-8-3-2-4-9-13)18-16(22)14-10-23-17(20-14)12-6-5-7-12/h2-4,8-12H,5-7H2,1H3,(H,18,22)(H,19,21). The first kappa shape index (κ1) is 15.3. The number of rotatable bonds is 5. The molecule has 1 aromatic carbocycles. The second kappa shape index (κ2) is 6.64.